The number of carbonyl (C=O) groups excluding carboxylic acids is 1. The Morgan fingerprint density at radius 1 is 0.793 bits per heavy atom. The van der Waals surface area contributed by atoms with Crippen molar-refractivity contribution in [3.05, 3.63) is 24.0 Å². The van der Waals surface area contributed by atoms with Gasteiger partial charge in [0.05, 0.1) is 5.76 Å². The minimum absolute atomic E-state index is 0.132. The summed E-state index contributed by atoms with van der Waals surface area (Å²) in [6.45, 7) is 4.17. The standard InChI is InChI=1S/C27H48O2/c1-3-4-5-6-7-8-9-10-11-12-13-14-15-16-17-18-19-20-21-22-27-24-26(28)23-25(2)29-27/h10-11,23,27H,3-9,12-22,24H2,1-2H3/b11-10-. The number of hydrogen-bond donors (Lipinski definition) is 0. The second kappa shape index (κ2) is 18.9. The molecule has 0 spiro atoms. The van der Waals surface area contributed by atoms with Crippen molar-refractivity contribution in [2.24, 2.45) is 0 Å². The molecule has 2 heteroatoms. The van der Waals surface area contributed by atoms with E-state index in [-0.39, 0.29) is 11.9 Å². The molecule has 1 heterocycles. The summed E-state index contributed by atoms with van der Waals surface area (Å²) in [5.41, 5.74) is 0. The van der Waals surface area contributed by atoms with Crippen molar-refractivity contribution >= 4 is 5.78 Å². The second-order valence-electron chi connectivity index (χ2n) is 8.95. The normalized spacial score (nSPS) is 17.0. The third-order valence-electron chi connectivity index (χ3n) is 5.93. The molecule has 0 amide bonds. The third kappa shape index (κ3) is 16.4. The molecule has 0 aromatic rings. The molecule has 0 aliphatic carbocycles. The summed E-state index contributed by atoms with van der Waals surface area (Å²) in [5, 5.41) is 0. The van der Waals surface area contributed by atoms with E-state index in [2.05, 4.69) is 19.1 Å². The number of rotatable bonds is 19. The Balaban J connectivity index is 1.75. The summed E-state index contributed by atoms with van der Waals surface area (Å²) in [4.78, 5) is 11.5. The molecule has 1 rings (SSSR count). The quantitative estimate of drug-likeness (QED) is 0.159. The molecule has 0 saturated heterocycles. The van der Waals surface area contributed by atoms with Crippen LogP contribution < -0.4 is 0 Å². The van der Waals surface area contributed by atoms with Gasteiger partial charge in [-0.05, 0) is 45.4 Å². The lowest BCUT2D eigenvalue weighted by Gasteiger charge is -2.22. The third-order valence-corrected chi connectivity index (χ3v) is 5.93. The highest BCUT2D eigenvalue weighted by molar-refractivity contribution is 5.91. The smallest absolute Gasteiger partial charge is 0.162 e. The molecule has 1 unspecified atom stereocenters. The molecule has 1 aliphatic heterocycles. The molecule has 0 aromatic carbocycles. The van der Waals surface area contributed by atoms with Crippen LogP contribution in [0.1, 0.15) is 136 Å². The van der Waals surface area contributed by atoms with Gasteiger partial charge >= 0.3 is 0 Å². The lowest BCUT2D eigenvalue weighted by molar-refractivity contribution is -0.118. The van der Waals surface area contributed by atoms with Crippen LogP contribution in [-0.4, -0.2) is 11.9 Å². The zero-order valence-corrected chi connectivity index (χ0v) is 19.6. The van der Waals surface area contributed by atoms with Gasteiger partial charge in [-0.15, -0.1) is 0 Å². The summed E-state index contributed by atoms with van der Waals surface area (Å²) >= 11 is 0. The molecule has 0 N–H and O–H groups in total. The van der Waals surface area contributed by atoms with Crippen molar-refractivity contribution in [3.8, 4) is 0 Å². The Morgan fingerprint density at radius 3 is 1.79 bits per heavy atom. The van der Waals surface area contributed by atoms with E-state index in [0.717, 1.165) is 12.2 Å². The van der Waals surface area contributed by atoms with Crippen LogP contribution in [-0.2, 0) is 9.53 Å². The van der Waals surface area contributed by atoms with Gasteiger partial charge in [-0.25, -0.2) is 0 Å². The maximum absolute atomic E-state index is 11.5. The van der Waals surface area contributed by atoms with E-state index in [9.17, 15) is 4.79 Å². The van der Waals surface area contributed by atoms with Crippen molar-refractivity contribution in [2.45, 2.75) is 142 Å². The van der Waals surface area contributed by atoms with Gasteiger partial charge in [0, 0.05) is 12.5 Å². The van der Waals surface area contributed by atoms with Crippen LogP contribution >= 0.6 is 0 Å². The Bertz CT molecular complexity index is 449. The molecule has 1 aliphatic rings. The highest BCUT2D eigenvalue weighted by atomic mass is 16.5. The van der Waals surface area contributed by atoms with Gasteiger partial charge in [0.25, 0.3) is 0 Å². The second-order valence-corrected chi connectivity index (χ2v) is 8.95. The lowest BCUT2D eigenvalue weighted by Crippen LogP contribution is -2.21. The molecule has 0 saturated carbocycles. The molecule has 29 heavy (non-hydrogen) atoms. The van der Waals surface area contributed by atoms with Crippen molar-refractivity contribution in [2.75, 3.05) is 0 Å². The highest BCUT2D eigenvalue weighted by Crippen LogP contribution is 2.20. The van der Waals surface area contributed by atoms with Crippen LogP contribution in [0, 0.1) is 0 Å². The summed E-state index contributed by atoms with van der Waals surface area (Å²) in [7, 11) is 0. The monoisotopic (exact) mass is 404 g/mol. The summed E-state index contributed by atoms with van der Waals surface area (Å²) in [5.74, 6) is 1.02. The van der Waals surface area contributed by atoms with E-state index < -0.39 is 0 Å². The lowest BCUT2D eigenvalue weighted by atomic mass is 10.0. The predicted molar refractivity (Wildman–Crippen MR) is 126 cm³/mol. The van der Waals surface area contributed by atoms with Crippen molar-refractivity contribution < 1.29 is 9.53 Å². The first-order valence-electron chi connectivity index (χ1n) is 12.7. The Morgan fingerprint density at radius 2 is 1.28 bits per heavy atom. The number of unbranched alkanes of at least 4 members (excludes halogenated alkanes) is 15. The zero-order chi connectivity index (χ0) is 21.0. The first-order chi connectivity index (χ1) is 14.2. The van der Waals surface area contributed by atoms with Gasteiger partial charge in [-0.2, -0.15) is 0 Å². The van der Waals surface area contributed by atoms with Crippen LogP contribution in [0.5, 0.6) is 0 Å². The summed E-state index contributed by atoms with van der Waals surface area (Å²) in [6.07, 6.45) is 31.2. The number of allylic oxidation sites excluding steroid dienone is 4. The van der Waals surface area contributed by atoms with E-state index in [1.807, 2.05) is 6.92 Å². The minimum atomic E-state index is 0.132. The Hall–Kier alpha value is -1.05. The van der Waals surface area contributed by atoms with E-state index in [1.165, 1.54) is 109 Å². The maximum atomic E-state index is 11.5. The van der Waals surface area contributed by atoms with Crippen LogP contribution in [0.25, 0.3) is 0 Å². The fraction of sp³-hybridized carbons (Fsp3) is 0.815. The van der Waals surface area contributed by atoms with E-state index >= 15 is 0 Å². The Kier molecular flexibility index (Phi) is 17.0. The topological polar surface area (TPSA) is 26.3 Å². The maximum Gasteiger partial charge on any atom is 0.162 e. The van der Waals surface area contributed by atoms with E-state index in [4.69, 9.17) is 4.74 Å². The molecule has 2 nitrogen and oxygen atoms in total. The Labute approximate surface area is 181 Å². The SMILES string of the molecule is CCCCCCCC/C=C\CCCCCCCCCCCC1CC(=O)C=C(C)O1. The van der Waals surface area contributed by atoms with Gasteiger partial charge in [0.1, 0.15) is 6.10 Å². The summed E-state index contributed by atoms with van der Waals surface area (Å²) in [6, 6.07) is 0. The van der Waals surface area contributed by atoms with Gasteiger partial charge in [-0.3, -0.25) is 4.79 Å². The first-order valence-corrected chi connectivity index (χ1v) is 12.7. The van der Waals surface area contributed by atoms with E-state index in [0.29, 0.717) is 6.42 Å². The molecule has 0 aromatic heterocycles. The van der Waals surface area contributed by atoms with Gasteiger partial charge in [0.2, 0.25) is 0 Å². The fourth-order valence-electron chi connectivity index (χ4n) is 4.16. The predicted octanol–water partition coefficient (Wildman–Crippen LogP) is 8.85. The molecular formula is C27H48O2. The van der Waals surface area contributed by atoms with Gasteiger partial charge in [-0.1, -0.05) is 96.1 Å². The zero-order valence-electron chi connectivity index (χ0n) is 19.6. The summed E-state index contributed by atoms with van der Waals surface area (Å²) < 4.78 is 5.73. The van der Waals surface area contributed by atoms with Crippen LogP contribution in [0.4, 0.5) is 0 Å². The van der Waals surface area contributed by atoms with Crippen molar-refractivity contribution in [1.29, 1.82) is 0 Å². The molecule has 1 atom stereocenters. The van der Waals surface area contributed by atoms with Crippen molar-refractivity contribution in [1.82, 2.24) is 0 Å². The molecule has 0 radical (unpaired) electrons. The average Bonchev–Trinajstić information content (AvgIpc) is 2.69. The van der Waals surface area contributed by atoms with Gasteiger partial charge < -0.3 is 4.74 Å². The average molecular weight is 405 g/mol. The van der Waals surface area contributed by atoms with Crippen LogP contribution in [0.3, 0.4) is 0 Å². The van der Waals surface area contributed by atoms with Crippen LogP contribution in [0.2, 0.25) is 0 Å². The number of ether oxygens (including phenoxy) is 1. The first kappa shape index (κ1) is 26.0. The molecule has 168 valence electrons. The number of ketones is 1. The van der Waals surface area contributed by atoms with E-state index in [1.54, 1.807) is 6.08 Å². The van der Waals surface area contributed by atoms with Gasteiger partial charge in [0.15, 0.2) is 5.78 Å². The largest absolute Gasteiger partial charge is 0.494 e. The van der Waals surface area contributed by atoms with Crippen LogP contribution in [0.15, 0.2) is 24.0 Å². The number of hydrogen-bond acceptors (Lipinski definition) is 2. The highest BCUT2D eigenvalue weighted by Gasteiger charge is 2.18. The molecule has 0 bridgehead atoms. The minimum Gasteiger partial charge on any atom is -0.494 e. The van der Waals surface area contributed by atoms with Crippen molar-refractivity contribution in [3.63, 3.8) is 0 Å². The molecule has 0 fully saturated rings. The fourth-order valence-corrected chi connectivity index (χ4v) is 4.16. The number of carbonyl (C=O) groups is 1. The molecular weight excluding hydrogens is 356 g/mol.